The summed E-state index contributed by atoms with van der Waals surface area (Å²) in [5, 5.41) is 12.6. The second kappa shape index (κ2) is 14.6. The average molecular weight is 419 g/mol. The van der Waals surface area contributed by atoms with Gasteiger partial charge in [0.15, 0.2) is 6.10 Å². The molecule has 30 heavy (non-hydrogen) atoms. The number of hydrogen-bond donors (Lipinski definition) is 2. The largest absolute Gasteiger partial charge is 0.452 e. The van der Waals surface area contributed by atoms with Crippen molar-refractivity contribution in [2.24, 2.45) is 0 Å². The van der Waals surface area contributed by atoms with Crippen LogP contribution < -0.4 is 5.32 Å². The van der Waals surface area contributed by atoms with E-state index in [0.717, 1.165) is 44.3 Å². The molecule has 1 atom stereocenters. The average Bonchev–Trinajstić information content (AvgIpc) is 2.78. The van der Waals surface area contributed by atoms with E-state index in [9.17, 15) is 9.90 Å². The number of unbranched alkanes of at least 4 members (excludes halogenated alkanes) is 10. The summed E-state index contributed by atoms with van der Waals surface area (Å²) in [4.78, 5) is 12.6. The van der Waals surface area contributed by atoms with Crippen molar-refractivity contribution in [1.29, 1.82) is 0 Å². The molecule has 2 rings (SSSR count). The Morgan fingerprint density at radius 3 is 2.03 bits per heavy atom. The van der Waals surface area contributed by atoms with Crippen molar-refractivity contribution in [1.82, 2.24) is 0 Å². The predicted octanol–water partition coefficient (Wildman–Crippen LogP) is 4.84. The Morgan fingerprint density at radius 2 is 1.47 bits per heavy atom. The summed E-state index contributed by atoms with van der Waals surface area (Å²) < 4.78 is 5.97. The van der Waals surface area contributed by atoms with E-state index < -0.39 is 17.7 Å². The molecule has 4 heteroatoms. The first-order chi connectivity index (χ1) is 14.7. The van der Waals surface area contributed by atoms with E-state index >= 15 is 0 Å². The van der Waals surface area contributed by atoms with Crippen molar-refractivity contribution in [3.63, 3.8) is 0 Å². The third-order valence-electron chi connectivity index (χ3n) is 6.45. The molecular weight excluding hydrogens is 374 g/mol. The third-order valence-corrected chi connectivity index (χ3v) is 6.45. The van der Waals surface area contributed by atoms with E-state index in [1.165, 1.54) is 57.8 Å². The lowest BCUT2D eigenvalue weighted by atomic mass is 9.84. The minimum atomic E-state index is -1.00. The molecule has 1 aliphatic rings. The van der Waals surface area contributed by atoms with E-state index in [1.54, 1.807) is 0 Å². The van der Waals surface area contributed by atoms with Crippen molar-refractivity contribution in [2.45, 2.75) is 109 Å². The molecule has 170 valence electrons. The number of ether oxygens (including phenoxy) is 1. The van der Waals surface area contributed by atoms with Crippen LogP contribution in [0.1, 0.15) is 102 Å². The fraction of sp³-hybridized carbons (Fsp3) is 0.731. The highest BCUT2D eigenvalue weighted by molar-refractivity contribution is 5.75. The van der Waals surface area contributed by atoms with Gasteiger partial charge in [-0.3, -0.25) is 0 Å². The van der Waals surface area contributed by atoms with E-state index in [-0.39, 0.29) is 0 Å². The SMILES string of the molecule is CCCCCCCCCCCCCC(O)C(=O)OC1(c2ccccc2)CC[NH2+]CC1. The lowest BCUT2D eigenvalue weighted by Crippen LogP contribution is -2.87. The molecule has 1 fully saturated rings. The fourth-order valence-electron chi connectivity index (χ4n) is 4.51. The molecule has 1 unspecified atom stereocenters. The van der Waals surface area contributed by atoms with Crippen molar-refractivity contribution in [3.8, 4) is 0 Å². The number of esters is 1. The number of aliphatic hydroxyl groups excluding tert-OH is 1. The third kappa shape index (κ3) is 8.77. The molecule has 1 aromatic rings. The lowest BCUT2D eigenvalue weighted by Gasteiger charge is -2.36. The second-order valence-electron chi connectivity index (χ2n) is 8.99. The van der Waals surface area contributed by atoms with E-state index in [1.807, 2.05) is 30.3 Å². The molecule has 0 amide bonds. The van der Waals surface area contributed by atoms with Gasteiger partial charge in [-0.25, -0.2) is 4.79 Å². The first-order valence-corrected chi connectivity index (χ1v) is 12.5. The van der Waals surface area contributed by atoms with Crippen LogP contribution in [0.15, 0.2) is 30.3 Å². The second-order valence-corrected chi connectivity index (χ2v) is 8.99. The smallest absolute Gasteiger partial charge is 0.335 e. The lowest BCUT2D eigenvalue weighted by molar-refractivity contribution is -0.668. The maximum atomic E-state index is 12.6. The monoisotopic (exact) mass is 418 g/mol. The number of rotatable bonds is 15. The highest BCUT2D eigenvalue weighted by Crippen LogP contribution is 2.34. The summed E-state index contributed by atoms with van der Waals surface area (Å²) in [7, 11) is 0. The first-order valence-electron chi connectivity index (χ1n) is 12.5. The number of quaternary nitrogens is 1. The summed E-state index contributed by atoms with van der Waals surface area (Å²) in [6.07, 6.45) is 15.0. The molecule has 0 bridgehead atoms. The van der Waals surface area contributed by atoms with Gasteiger partial charge in [0.1, 0.15) is 5.60 Å². The molecule has 1 heterocycles. The summed E-state index contributed by atoms with van der Waals surface area (Å²) in [6, 6.07) is 10.0. The van der Waals surface area contributed by atoms with Gasteiger partial charge in [-0.2, -0.15) is 0 Å². The standard InChI is InChI=1S/C26H43NO3/c1-2-3-4-5-6-7-8-9-10-11-15-18-24(28)25(29)30-26(19-21-27-22-20-26)23-16-13-12-14-17-23/h12-14,16-17,24,27-28H,2-11,15,18-22H2,1H3/p+1. The first kappa shape index (κ1) is 24.9. The zero-order valence-corrected chi connectivity index (χ0v) is 19.1. The van der Waals surface area contributed by atoms with Crippen molar-refractivity contribution in [3.05, 3.63) is 35.9 Å². The Morgan fingerprint density at radius 1 is 0.933 bits per heavy atom. The van der Waals surface area contributed by atoms with Crippen LogP contribution in [-0.2, 0) is 15.1 Å². The minimum absolute atomic E-state index is 0.451. The van der Waals surface area contributed by atoms with Gasteiger partial charge in [-0.15, -0.1) is 0 Å². The Hall–Kier alpha value is -1.39. The van der Waals surface area contributed by atoms with Gasteiger partial charge in [0.2, 0.25) is 0 Å². The zero-order chi connectivity index (χ0) is 21.5. The molecule has 0 radical (unpaired) electrons. The van der Waals surface area contributed by atoms with Crippen LogP contribution in [0.3, 0.4) is 0 Å². The van der Waals surface area contributed by atoms with Crippen LogP contribution in [0.2, 0.25) is 0 Å². The van der Waals surface area contributed by atoms with Crippen molar-refractivity contribution in [2.75, 3.05) is 13.1 Å². The topological polar surface area (TPSA) is 63.1 Å². The summed E-state index contributed by atoms with van der Waals surface area (Å²) in [6.45, 7) is 4.14. The van der Waals surface area contributed by atoms with Crippen LogP contribution in [0, 0.1) is 0 Å². The molecule has 0 saturated carbocycles. The molecule has 1 aliphatic heterocycles. The van der Waals surface area contributed by atoms with E-state index in [4.69, 9.17) is 4.74 Å². The number of hydrogen-bond acceptors (Lipinski definition) is 3. The zero-order valence-electron chi connectivity index (χ0n) is 19.1. The van der Waals surface area contributed by atoms with Gasteiger partial charge < -0.3 is 15.2 Å². The highest BCUT2D eigenvalue weighted by atomic mass is 16.6. The number of benzene rings is 1. The van der Waals surface area contributed by atoms with Crippen molar-refractivity contribution >= 4 is 5.97 Å². The molecule has 0 aromatic heterocycles. The van der Waals surface area contributed by atoms with Gasteiger partial charge in [0.05, 0.1) is 13.1 Å². The maximum absolute atomic E-state index is 12.6. The van der Waals surface area contributed by atoms with Crippen LogP contribution >= 0.6 is 0 Å². The molecule has 4 nitrogen and oxygen atoms in total. The molecule has 1 saturated heterocycles. The van der Waals surface area contributed by atoms with E-state index in [0.29, 0.717) is 6.42 Å². The number of carbonyl (C=O) groups excluding carboxylic acids is 1. The van der Waals surface area contributed by atoms with E-state index in [2.05, 4.69) is 12.2 Å². The number of piperidine rings is 1. The van der Waals surface area contributed by atoms with Crippen LogP contribution in [0.4, 0.5) is 0 Å². The fourth-order valence-corrected chi connectivity index (χ4v) is 4.51. The summed E-state index contributed by atoms with van der Waals surface area (Å²) in [5.74, 6) is -0.451. The number of carbonyl (C=O) groups is 1. The summed E-state index contributed by atoms with van der Waals surface area (Å²) in [5.41, 5.74) is 0.471. The van der Waals surface area contributed by atoms with Gasteiger partial charge in [-0.1, -0.05) is 108 Å². The van der Waals surface area contributed by atoms with Crippen LogP contribution in [0.5, 0.6) is 0 Å². The molecular formula is C26H44NO3+. The highest BCUT2D eigenvalue weighted by Gasteiger charge is 2.40. The normalized spacial score (nSPS) is 16.9. The van der Waals surface area contributed by atoms with Gasteiger partial charge in [0, 0.05) is 12.8 Å². The maximum Gasteiger partial charge on any atom is 0.335 e. The minimum Gasteiger partial charge on any atom is -0.452 e. The van der Waals surface area contributed by atoms with Gasteiger partial charge >= 0.3 is 5.97 Å². The Kier molecular flexibility index (Phi) is 12.1. The van der Waals surface area contributed by atoms with Crippen molar-refractivity contribution < 1.29 is 20.0 Å². The van der Waals surface area contributed by atoms with Gasteiger partial charge in [-0.05, 0) is 12.0 Å². The predicted molar refractivity (Wildman–Crippen MR) is 122 cm³/mol. The Balaban J connectivity index is 1.63. The Bertz CT molecular complexity index is 569. The number of aliphatic hydroxyl groups is 1. The molecule has 1 aromatic carbocycles. The summed E-state index contributed by atoms with van der Waals surface area (Å²) >= 11 is 0. The van der Waals surface area contributed by atoms with Crippen LogP contribution in [0.25, 0.3) is 0 Å². The molecule has 0 spiro atoms. The molecule has 0 aliphatic carbocycles. The number of nitrogens with two attached hydrogens (primary N) is 1. The molecule has 3 N–H and O–H groups in total. The van der Waals surface area contributed by atoms with Gasteiger partial charge in [0.25, 0.3) is 0 Å². The Labute approximate surface area is 183 Å². The van der Waals surface area contributed by atoms with Crippen LogP contribution in [-0.4, -0.2) is 30.3 Å². The quantitative estimate of drug-likeness (QED) is 0.316.